The first-order valence-corrected chi connectivity index (χ1v) is 5.82. The van der Waals surface area contributed by atoms with Gasteiger partial charge in [0, 0.05) is 30.7 Å². The van der Waals surface area contributed by atoms with Gasteiger partial charge >= 0.3 is 0 Å². The first-order valence-electron chi connectivity index (χ1n) is 5.82. The van der Waals surface area contributed by atoms with Crippen LogP contribution in [0.4, 0.5) is 0 Å². The number of aromatic nitrogens is 1. The van der Waals surface area contributed by atoms with Gasteiger partial charge in [0.2, 0.25) is 0 Å². The van der Waals surface area contributed by atoms with E-state index in [-0.39, 0.29) is 0 Å². The summed E-state index contributed by atoms with van der Waals surface area (Å²) in [5, 5.41) is 0. The lowest BCUT2D eigenvalue weighted by molar-refractivity contribution is 0.883. The van der Waals surface area contributed by atoms with E-state index in [2.05, 4.69) is 35.5 Å². The van der Waals surface area contributed by atoms with E-state index in [0.29, 0.717) is 0 Å². The van der Waals surface area contributed by atoms with E-state index in [4.69, 9.17) is 0 Å². The van der Waals surface area contributed by atoms with Crippen molar-refractivity contribution in [2.24, 2.45) is 0 Å². The molecular formula is C15H19N. The van der Waals surface area contributed by atoms with Crippen LogP contribution >= 0.6 is 0 Å². The van der Waals surface area contributed by atoms with Crippen LogP contribution in [0.25, 0.3) is 0 Å². The number of aryl methyl sites for hydroxylation is 2. The molecule has 1 heterocycles. The molecule has 0 bridgehead atoms. The molecule has 0 radical (unpaired) electrons. The molecule has 0 unspecified atom stereocenters. The molecule has 0 saturated heterocycles. The summed E-state index contributed by atoms with van der Waals surface area (Å²) < 4.78 is 0. The van der Waals surface area contributed by atoms with Gasteiger partial charge in [-0.2, -0.15) is 0 Å². The minimum absolute atomic E-state index is 0.907. The highest BCUT2D eigenvalue weighted by atomic mass is 14.7. The fourth-order valence-electron chi connectivity index (χ4n) is 1.44. The van der Waals surface area contributed by atoms with E-state index in [1.165, 1.54) is 0 Å². The van der Waals surface area contributed by atoms with Crippen LogP contribution in [0.15, 0.2) is 30.9 Å². The van der Waals surface area contributed by atoms with Gasteiger partial charge in [0.25, 0.3) is 0 Å². The van der Waals surface area contributed by atoms with E-state index < -0.39 is 0 Å². The number of nitrogens with zero attached hydrogens (tertiary/aromatic N) is 1. The minimum atomic E-state index is 0.907. The number of allylic oxidation sites excluding steroid dienone is 1. The molecule has 0 saturated carbocycles. The van der Waals surface area contributed by atoms with Gasteiger partial charge in [-0.05, 0) is 31.9 Å². The van der Waals surface area contributed by atoms with E-state index in [1.807, 2.05) is 19.1 Å². The first kappa shape index (κ1) is 12.5. The second kappa shape index (κ2) is 7.70. The van der Waals surface area contributed by atoms with Gasteiger partial charge in [0.1, 0.15) is 0 Å². The smallest absolute Gasteiger partial charge is 0.0416 e. The third kappa shape index (κ3) is 5.36. The molecule has 0 amide bonds. The summed E-state index contributed by atoms with van der Waals surface area (Å²) >= 11 is 0. The molecule has 84 valence electrons. The van der Waals surface area contributed by atoms with Gasteiger partial charge in [0.05, 0.1) is 0 Å². The lowest BCUT2D eigenvalue weighted by atomic mass is 10.2. The highest BCUT2D eigenvalue weighted by Gasteiger charge is 1.92. The number of hydrogen-bond acceptors (Lipinski definition) is 1. The lowest BCUT2D eigenvalue weighted by Crippen LogP contribution is -1.90. The molecule has 0 atom stereocenters. The molecule has 0 aliphatic carbocycles. The second-order valence-electron chi connectivity index (χ2n) is 3.80. The van der Waals surface area contributed by atoms with Crippen LogP contribution in [0.1, 0.15) is 37.1 Å². The van der Waals surface area contributed by atoms with E-state index in [1.54, 1.807) is 0 Å². The predicted molar refractivity (Wildman–Crippen MR) is 69.1 cm³/mol. The highest BCUT2D eigenvalue weighted by Crippen LogP contribution is 2.01. The van der Waals surface area contributed by atoms with Crippen molar-refractivity contribution in [3.63, 3.8) is 0 Å². The normalized spacial score (nSPS) is 9.31. The molecule has 0 aliphatic rings. The standard InChI is InChI=1S/C15H19N/c1-3-4-5-6-7-8-9-12-15-13-10-11-14(2)16-15/h3,10-11,13H,1,4-6,9,12H2,2H3. The molecule has 1 aromatic rings. The maximum Gasteiger partial charge on any atom is 0.0416 e. The second-order valence-corrected chi connectivity index (χ2v) is 3.80. The molecule has 0 N–H and O–H groups in total. The minimum Gasteiger partial charge on any atom is -0.258 e. The molecule has 0 fully saturated rings. The van der Waals surface area contributed by atoms with Crippen molar-refractivity contribution in [3.05, 3.63) is 42.2 Å². The lowest BCUT2D eigenvalue weighted by Gasteiger charge is -1.97. The summed E-state index contributed by atoms with van der Waals surface area (Å²) in [6, 6.07) is 6.13. The Morgan fingerprint density at radius 1 is 1.31 bits per heavy atom. The van der Waals surface area contributed by atoms with Crippen molar-refractivity contribution in [3.8, 4) is 11.8 Å². The van der Waals surface area contributed by atoms with Crippen LogP contribution in [0.2, 0.25) is 0 Å². The van der Waals surface area contributed by atoms with Crippen molar-refractivity contribution < 1.29 is 0 Å². The Morgan fingerprint density at radius 2 is 2.12 bits per heavy atom. The largest absolute Gasteiger partial charge is 0.258 e. The molecule has 0 spiro atoms. The van der Waals surface area contributed by atoms with E-state index in [9.17, 15) is 0 Å². The van der Waals surface area contributed by atoms with Crippen molar-refractivity contribution in [1.29, 1.82) is 0 Å². The van der Waals surface area contributed by atoms with Gasteiger partial charge in [-0.1, -0.05) is 12.1 Å². The summed E-state index contributed by atoms with van der Waals surface area (Å²) in [5.41, 5.74) is 2.22. The fraction of sp³-hybridized carbons (Fsp3) is 0.400. The zero-order valence-electron chi connectivity index (χ0n) is 10.00. The Balaban J connectivity index is 2.22. The van der Waals surface area contributed by atoms with Crippen LogP contribution < -0.4 is 0 Å². The maximum absolute atomic E-state index is 4.44. The third-order valence-electron chi connectivity index (χ3n) is 2.29. The molecule has 1 rings (SSSR count). The van der Waals surface area contributed by atoms with E-state index in [0.717, 1.165) is 43.5 Å². The molecular weight excluding hydrogens is 194 g/mol. The monoisotopic (exact) mass is 213 g/mol. The topological polar surface area (TPSA) is 12.9 Å². The van der Waals surface area contributed by atoms with Crippen LogP contribution in [-0.4, -0.2) is 4.98 Å². The third-order valence-corrected chi connectivity index (χ3v) is 2.29. The van der Waals surface area contributed by atoms with Crippen LogP contribution in [-0.2, 0) is 6.42 Å². The zero-order chi connectivity index (χ0) is 11.6. The Kier molecular flexibility index (Phi) is 6.03. The maximum atomic E-state index is 4.44. The average Bonchev–Trinajstić information content (AvgIpc) is 2.28. The molecule has 1 aromatic heterocycles. The molecule has 1 nitrogen and oxygen atoms in total. The summed E-state index contributed by atoms with van der Waals surface area (Å²) in [4.78, 5) is 4.44. The van der Waals surface area contributed by atoms with Gasteiger partial charge in [0.15, 0.2) is 0 Å². The van der Waals surface area contributed by atoms with Crippen molar-refractivity contribution >= 4 is 0 Å². The first-order chi connectivity index (χ1) is 7.83. The Morgan fingerprint density at radius 3 is 2.88 bits per heavy atom. The van der Waals surface area contributed by atoms with Crippen LogP contribution in [0, 0.1) is 18.8 Å². The Hall–Kier alpha value is -1.55. The number of rotatable bonds is 5. The number of unbranched alkanes of at least 4 members (excludes halogenated alkanes) is 2. The van der Waals surface area contributed by atoms with Crippen LogP contribution in [0.3, 0.4) is 0 Å². The van der Waals surface area contributed by atoms with Gasteiger partial charge < -0.3 is 0 Å². The van der Waals surface area contributed by atoms with Crippen molar-refractivity contribution in [2.45, 2.75) is 39.0 Å². The Labute approximate surface area is 98.6 Å². The molecule has 1 heteroatoms. The molecule has 0 aromatic carbocycles. The van der Waals surface area contributed by atoms with E-state index >= 15 is 0 Å². The van der Waals surface area contributed by atoms with Crippen molar-refractivity contribution in [1.82, 2.24) is 4.98 Å². The highest BCUT2D eigenvalue weighted by molar-refractivity contribution is 5.11. The Bertz CT molecular complexity index is 382. The summed E-state index contributed by atoms with van der Waals surface area (Å²) in [5.74, 6) is 6.37. The van der Waals surface area contributed by atoms with Gasteiger partial charge in [-0.3, -0.25) is 4.98 Å². The van der Waals surface area contributed by atoms with Crippen molar-refractivity contribution in [2.75, 3.05) is 0 Å². The summed E-state index contributed by atoms with van der Waals surface area (Å²) in [7, 11) is 0. The summed E-state index contributed by atoms with van der Waals surface area (Å²) in [6.45, 7) is 5.70. The quantitative estimate of drug-likeness (QED) is 0.413. The fourth-order valence-corrected chi connectivity index (χ4v) is 1.44. The van der Waals surface area contributed by atoms with Gasteiger partial charge in [-0.25, -0.2) is 0 Å². The summed E-state index contributed by atoms with van der Waals surface area (Å²) in [6.07, 6.45) is 6.97. The SMILES string of the molecule is C=CCCCC#CCCc1cccc(C)n1. The van der Waals surface area contributed by atoms with Gasteiger partial charge in [-0.15, -0.1) is 18.4 Å². The van der Waals surface area contributed by atoms with Crippen LogP contribution in [0.5, 0.6) is 0 Å². The molecule has 16 heavy (non-hydrogen) atoms. The average molecular weight is 213 g/mol. The zero-order valence-corrected chi connectivity index (χ0v) is 10.00. The number of hydrogen-bond donors (Lipinski definition) is 0. The number of pyridine rings is 1. The predicted octanol–water partition coefficient (Wildman–Crippen LogP) is 3.68. The molecule has 0 aliphatic heterocycles.